The second-order valence-corrected chi connectivity index (χ2v) is 5.41. The first kappa shape index (κ1) is 17.3. The van der Waals surface area contributed by atoms with E-state index in [1.54, 1.807) is 24.3 Å². The molecule has 0 heterocycles. The lowest BCUT2D eigenvalue weighted by Gasteiger charge is -2.13. The standard InChI is InChI=1S/C18H21N3O3/c1-21(2)16-10-8-15(9-11-16)20-17(22)12-19-14-6-4-13(5-7-14)18(23)24-3/h4-11,19H,12H2,1-3H3,(H,20,22). The Morgan fingerprint density at radius 3 is 2.08 bits per heavy atom. The molecule has 0 radical (unpaired) electrons. The van der Waals surface area contributed by atoms with Crippen molar-refractivity contribution < 1.29 is 14.3 Å². The molecule has 0 atom stereocenters. The van der Waals surface area contributed by atoms with Crippen molar-refractivity contribution in [3.8, 4) is 0 Å². The molecule has 126 valence electrons. The van der Waals surface area contributed by atoms with E-state index in [4.69, 9.17) is 0 Å². The average Bonchev–Trinajstić information content (AvgIpc) is 2.60. The van der Waals surface area contributed by atoms with Gasteiger partial charge < -0.3 is 20.3 Å². The average molecular weight is 327 g/mol. The number of ether oxygens (including phenoxy) is 1. The van der Waals surface area contributed by atoms with Gasteiger partial charge in [-0.1, -0.05) is 0 Å². The zero-order chi connectivity index (χ0) is 17.5. The van der Waals surface area contributed by atoms with Gasteiger partial charge >= 0.3 is 5.97 Å². The minimum Gasteiger partial charge on any atom is -0.465 e. The molecule has 2 aromatic rings. The summed E-state index contributed by atoms with van der Waals surface area (Å²) in [4.78, 5) is 25.3. The van der Waals surface area contributed by atoms with Crippen LogP contribution in [0.4, 0.5) is 17.1 Å². The van der Waals surface area contributed by atoms with E-state index in [0.29, 0.717) is 5.56 Å². The van der Waals surface area contributed by atoms with E-state index in [2.05, 4.69) is 15.4 Å². The van der Waals surface area contributed by atoms with Crippen LogP contribution < -0.4 is 15.5 Å². The quantitative estimate of drug-likeness (QED) is 0.798. The second-order valence-electron chi connectivity index (χ2n) is 5.41. The lowest BCUT2D eigenvalue weighted by Crippen LogP contribution is -2.21. The molecular weight excluding hydrogens is 306 g/mol. The van der Waals surface area contributed by atoms with E-state index < -0.39 is 0 Å². The number of methoxy groups -OCH3 is 1. The van der Waals surface area contributed by atoms with Crippen LogP contribution in [-0.2, 0) is 9.53 Å². The molecule has 0 aromatic heterocycles. The number of anilines is 3. The normalized spacial score (nSPS) is 9.96. The van der Waals surface area contributed by atoms with E-state index in [-0.39, 0.29) is 18.4 Å². The van der Waals surface area contributed by atoms with Gasteiger partial charge in [-0.15, -0.1) is 0 Å². The van der Waals surface area contributed by atoms with E-state index in [9.17, 15) is 9.59 Å². The fraction of sp³-hybridized carbons (Fsp3) is 0.222. The zero-order valence-electron chi connectivity index (χ0n) is 14.0. The third-order valence-electron chi connectivity index (χ3n) is 3.43. The maximum absolute atomic E-state index is 12.0. The monoisotopic (exact) mass is 327 g/mol. The molecule has 0 spiro atoms. The highest BCUT2D eigenvalue weighted by Crippen LogP contribution is 2.15. The molecule has 2 N–H and O–H groups in total. The first-order valence-corrected chi connectivity index (χ1v) is 7.49. The molecule has 0 aliphatic heterocycles. The van der Waals surface area contributed by atoms with Gasteiger partial charge in [0.25, 0.3) is 0 Å². The van der Waals surface area contributed by atoms with E-state index in [0.717, 1.165) is 17.1 Å². The summed E-state index contributed by atoms with van der Waals surface area (Å²) in [5.41, 5.74) is 3.03. The van der Waals surface area contributed by atoms with Crippen LogP contribution in [0.3, 0.4) is 0 Å². The number of hydrogen-bond donors (Lipinski definition) is 2. The second kappa shape index (κ2) is 8.01. The predicted octanol–water partition coefficient (Wildman–Crippen LogP) is 2.59. The lowest BCUT2D eigenvalue weighted by atomic mass is 10.2. The Balaban J connectivity index is 1.85. The van der Waals surface area contributed by atoms with E-state index in [1.165, 1.54) is 7.11 Å². The van der Waals surface area contributed by atoms with Crippen LogP contribution in [0.2, 0.25) is 0 Å². The third-order valence-corrected chi connectivity index (χ3v) is 3.43. The van der Waals surface area contributed by atoms with E-state index in [1.807, 2.05) is 43.3 Å². The lowest BCUT2D eigenvalue weighted by molar-refractivity contribution is -0.114. The van der Waals surface area contributed by atoms with Crippen LogP contribution in [-0.4, -0.2) is 39.6 Å². The maximum atomic E-state index is 12.0. The van der Waals surface area contributed by atoms with Crippen LogP contribution >= 0.6 is 0 Å². The molecule has 24 heavy (non-hydrogen) atoms. The highest BCUT2D eigenvalue weighted by molar-refractivity contribution is 5.94. The SMILES string of the molecule is COC(=O)c1ccc(NCC(=O)Nc2ccc(N(C)C)cc2)cc1. The Kier molecular flexibility index (Phi) is 5.78. The number of amides is 1. The van der Waals surface area contributed by atoms with Crippen molar-refractivity contribution in [1.82, 2.24) is 0 Å². The first-order valence-electron chi connectivity index (χ1n) is 7.49. The van der Waals surface area contributed by atoms with Crippen molar-refractivity contribution in [2.75, 3.05) is 43.3 Å². The van der Waals surface area contributed by atoms with Gasteiger partial charge in [-0.2, -0.15) is 0 Å². The Morgan fingerprint density at radius 1 is 0.958 bits per heavy atom. The van der Waals surface area contributed by atoms with Gasteiger partial charge in [0, 0.05) is 31.2 Å². The summed E-state index contributed by atoms with van der Waals surface area (Å²) in [6, 6.07) is 14.3. The summed E-state index contributed by atoms with van der Waals surface area (Å²) in [6.07, 6.45) is 0. The summed E-state index contributed by atoms with van der Waals surface area (Å²) < 4.78 is 4.64. The van der Waals surface area contributed by atoms with Crippen molar-refractivity contribution in [2.24, 2.45) is 0 Å². The number of benzene rings is 2. The largest absolute Gasteiger partial charge is 0.465 e. The summed E-state index contributed by atoms with van der Waals surface area (Å²) >= 11 is 0. The molecule has 2 rings (SSSR count). The molecule has 6 nitrogen and oxygen atoms in total. The van der Waals surface area contributed by atoms with Crippen LogP contribution in [0.25, 0.3) is 0 Å². The summed E-state index contributed by atoms with van der Waals surface area (Å²) in [5, 5.41) is 5.83. The fourth-order valence-electron chi connectivity index (χ4n) is 2.07. The minimum absolute atomic E-state index is 0.132. The Hall–Kier alpha value is -3.02. The van der Waals surface area contributed by atoms with Gasteiger partial charge in [-0.25, -0.2) is 4.79 Å². The molecule has 2 aromatic carbocycles. The zero-order valence-corrected chi connectivity index (χ0v) is 14.0. The molecule has 0 bridgehead atoms. The van der Waals surface area contributed by atoms with Crippen molar-refractivity contribution in [1.29, 1.82) is 0 Å². The Bertz CT molecular complexity index is 694. The van der Waals surface area contributed by atoms with Gasteiger partial charge in [0.15, 0.2) is 0 Å². The first-order chi connectivity index (χ1) is 11.5. The third kappa shape index (κ3) is 4.74. The molecule has 1 amide bonds. The predicted molar refractivity (Wildman–Crippen MR) is 95.7 cm³/mol. The van der Waals surface area contributed by atoms with Gasteiger partial charge in [0.2, 0.25) is 5.91 Å². The number of nitrogens with zero attached hydrogens (tertiary/aromatic N) is 1. The summed E-state index contributed by atoms with van der Waals surface area (Å²) in [6.45, 7) is 0.132. The number of rotatable bonds is 6. The number of nitrogens with one attached hydrogen (secondary N) is 2. The molecule has 0 aliphatic carbocycles. The molecule has 0 fully saturated rings. The molecule has 0 saturated carbocycles. The van der Waals surface area contributed by atoms with Crippen LogP contribution in [0, 0.1) is 0 Å². The number of carbonyl (C=O) groups is 2. The summed E-state index contributed by atoms with van der Waals surface area (Å²) in [5.74, 6) is -0.537. The number of esters is 1. The van der Waals surface area contributed by atoms with Crippen molar-refractivity contribution in [3.05, 3.63) is 54.1 Å². The van der Waals surface area contributed by atoms with Gasteiger partial charge in [0.05, 0.1) is 19.2 Å². The number of hydrogen-bond acceptors (Lipinski definition) is 5. The van der Waals surface area contributed by atoms with Crippen molar-refractivity contribution >= 4 is 28.9 Å². The molecule has 0 saturated heterocycles. The van der Waals surface area contributed by atoms with Gasteiger partial charge in [-0.05, 0) is 48.5 Å². The topological polar surface area (TPSA) is 70.7 Å². The molecular formula is C18H21N3O3. The number of carbonyl (C=O) groups excluding carboxylic acids is 2. The van der Waals surface area contributed by atoms with Crippen molar-refractivity contribution in [2.45, 2.75) is 0 Å². The molecule has 0 aliphatic rings. The van der Waals surface area contributed by atoms with Gasteiger partial charge in [-0.3, -0.25) is 4.79 Å². The van der Waals surface area contributed by atoms with Crippen LogP contribution in [0.1, 0.15) is 10.4 Å². The van der Waals surface area contributed by atoms with Crippen LogP contribution in [0.5, 0.6) is 0 Å². The Morgan fingerprint density at radius 2 is 1.54 bits per heavy atom. The minimum atomic E-state index is -0.388. The smallest absolute Gasteiger partial charge is 0.337 e. The van der Waals surface area contributed by atoms with E-state index >= 15 is 0 Å². The van der Waals surface area contributed by atoms with Gasteiger partial charge in [0.1, 0.15) is 0 Å². The highest BCUT2D eigenvalue weighted by atomic mass is 16.5. The molecule has 6 heteroatoms. The Labute approximate surface area is 141 Å². The fourth-order valence-corrected chi connectivity index (χ4v) is 2.07. The maximum Gasteiger partial charge on any atom is 0.337 e. The van der Waals surface area contributed by atoms with Crippen LogP contribution in [0.15, 0.2) is 48.5 Å². The van der Waals surface area contributed by atoms with Crippen molar-refractivity contribution in [3.63, 3.8) is 0 Å². The molecule has 0 unspecified atom stereocenters. The highest BCUT2D eigenvalue weighted by Gasteiger charge is 2.06. The summed E-state index contributed by atoms with van der Waals surface area (Å²) in [7, 11) is 5.26.